The summed E-state index contributed by atoms with van der Waals surface area (Å²) in [6, 6.07) is 18.3. The van der Waals surface area contributed by atoms with Gasteiger partial charge in [0, 0.05) is 30.6 Å². The van der Waals surface area contributed by atoms with Gasteiger partial charge in [0.05, 0.1) is 26.2 Å². The number of benzene rings is 3. The Morgan fingerprint density at radius 2 is 1.61 bits per heavy atom. The zero-order chi connectivity index (χ0) is 30.2. The van der Waals surface area contributed by atoms with E-state index < -0.39 is 40.2 Å². The Hall–Kier alpha value is -4.12. The Balaban J connectivity index is 2.10. The molecule has 0 fully saturated rings. The van der Waals surface area contributed by atoms with Gasteiger partial charge in [-0.3, -0.25) is 13.9 Å². The van der Waals surface area contributed by atoms with E-state index >= 15 is 0 Å². The average molecular weight is 586 g/mol. The van der Waals surface area contributed by atoms with Crippen molar-refractivity contribution in [3.05, 3.63) is 89.7 Å². The molecule has 220 valence electrons. The summed E-state index contributed by atoms with van der Waals surface area (Å²) in [5.41, 5.74) is 1.07. The molecule has 3 rings (SSSR count). The molecule has 11 heteroatoms. The van der Waals surface area contributed by atoms with Gasteiger partial charge in [0.25, 0.3) is 0 Å². The van der Waals surface area contributed by atoms with E-state index in [1.807, 2.05) is 30.3 Å². The van der Waals surface area contributed by atoms with Crippen LogP contribution in [-0.4, -0.2) is 64.2 Å². The van der Waals surface area contributed by atoms with Gasteiger partial charge in [-0.1, -0.05) is 48.5 Å². The zero-order valence-electron chi connectivity index (χ0n) is 23.8. The first-order chi connectivity index (χ1) is 19.4. The lowest BCUT2D eigenvalue weighted by atomic mass is 10.0. The molecule has 1 atom stereocenters. The van der Waals surface area contributed by atoms with Crippen LogP contribution in [0.2, 0.25) is 0 Å². The van der Waals surface area contributed by atoms with Gasteiger partial charge in [-0.05, 0) is 37.6 Å². The van der Waals surface area contributed by atoms with Gasteiger partial charge < -0.3 is 19.7 Å². The molecule has 0 saturated heterocycles. The molecule has 0 aromatic heterocycles. The predicted molar refractivity (Wildman–Crippen MR) is 156 cm³/mol. The summed E-state index contributed by atoms with van der Waals surface area (Å²) in [6.07, 6.45) is 1.10. The number of halogens is 1. The lowest BCUT2D eigenvalue weighted by Gasteiger charge is -2.34. The van der Waals surface area contributed by atoms with Crippen LogP contribution in [0.25, 0.3) is 0 Å². The Kier molecular flexibility index (Phi) is 10.7. The molecular formula is C30H36FN3O6S. The number of carbonyl (C=O) groups is 2. The first-order valence-corrected chi connectivity index (χ1v) is 14.9. The van der Waals surface area contributed by atoms with E-state index in [1.165, 1.54) is 49.5 Å². The molecule has 41 heavy (non-hydrogen) atoms. The fourth-order valence-electron chi connectivity index (χ4n) is 4.33. The van der Waals surface area contributed by atoms with Gasteiger partial charge in [0.15, 0.2) is 0 Å². The van der Waals surface area contributed by atoms with Gasteiger partial charge in [0.1, 0.15) is 29.9 Å². The second-order valence-corrected chi connectivity index (χ2v) is 11.7. The highest BCUT2D eigenvalue weighted by molar-refractivity contribution is 7.92. The van der Waals surface area contributed by atoms with Crippen molar-refractivity contribution in [1.29, 1.82) is 0 Å². The van der Waals surface area contributed by atoms with Crippen LogP contribution in [0.1, 0.15) is 25.0 Å². The van der Waals surface area contributed by atoms with Crippen LogP contribution in [0.5, 0.6) is 11.5 Å². The average Bonchev–Trinajstić information content (AvgIpc) is 2.93. The lowest BCUT2D eigenvalue weighted by Crippen LogP contribution is -2.54. The minimum absolute atomic E-state index is 0.112. The molecule has 0 aliphatic carbocycles. The molecule has 3 aromatic rings. The molecule has 9 nitrogen and oxygen atoms in total. The van der Waals surface area contributed by atoms with Gasteiger partial charge in [-0.25, -0.2) is 12.8 Å². The van der Waals surface area contributed by atoms with Crippen LogP contribution in [0.15, 0.2) is 72.8 Å². The monoisotopic (exact) mass is 585 g/mol. The maximum absolute atomic E-state index is 14.8. The molecule has 0 radical (unpaired) electrons. The topological polar surface area (TPSA) is 105 Å². The Labute approximate surface area is 240 Å². The second-order valence-electron chi connectivity index (χ2n) is 9.79. The van der Waals surface area contributed by atoms with Crippen LogP contribution in [0.4, 0.5) is 10.1 Å². The van der Waals surface area contributed by atoms with E-state index in [0.29, 0.717) is 5.75 Å². The SMILES string of the molecule is COc1ccc(N(CC(=O)N(Cc2ccccc2F)C(Cc2ccccc2)C(=O)NC(C)C)S(C)(=O)=O)c(OC)c1. The highest BCUT2D eigenvalue weighted by Gasteiger charge is 2.34. The molecule has 0 bridgehead atoms. The molecule has 1 N–H and O–H groups in total. The standard InChI is InChI=1S/C30H36FN3O6S/c1-21(2)32-30(36)27(17-22-11-7-6-8-12-22)33(19-23-13-9-10-14-25(23)31)29(35)20-34(41(5,37)38)26-16-15-24(39-3)18-28(26)40-4/h6-16,18,21,27H,17,19-20H2,1-5H3,(H,32,36). The van der Waals surface area contributed by atoms with E-state index in [9.17, 15) is 22.4 Å². The maximum atomic E-state index is 14.8. The Morgan fingerprint density at radius 1 is 0.951 bits per heavy atom. The summed E-state index contributed by atoms with van der Waals surface area (Å²) in [7, 11) is -1.18. The molecule has 0 aliphatic rings. The number of hydrogen-bond acceptors (Lipinski definition) is 6. The summed E-state index contributed by atoms with van der Waals surface area (Å²) in [5.74, 6) is -1.09. The van der Waals surface area contributed by atoms with Gasteiger partial charge >= 0.3 is 0 Å². The third-order valence-corrected chi connectivity index (χ3v) is 7.46. The van der Waals surface area contributed by atoms with E-state index in [0.717, 1.165) is 16.1 Å². The van der Waals surface area contributed by atoms with Crippen molar-refractivity contribution in [2.24, 2.45) is 0 Å². The molecule has 0 saturated carbocycles. The number of sulfonamides is 1. The van der Waals surface area contributed by atoms with Crippen molar-refractivity contribution in [2.45, 2.75) is 38.9 Å². The number of nitrogens with zero attached hydrogens (tertiary/aromatic N) is 2. The van der Waals surface area contributed by atoms with Crippen molar-refractivity contribution < 1.29 is 31.9 Å². The van der Waals surface area contributed by atoms with Crippen LogP contribution in [0.3, 0.4) is 0 Å². The fraction of sp³-hybridized carbons (Fsp3) is 0.333. The molecule has 3 aromatic carbocycles. The van der Waals surface area contributed by atoms with Crippen LogP contribution in [-0.2, 0) is 32.6 Å². The first kappa shape index (κ1) is 31.4. The fourth-order valence-corrected chi connectivity index (χ4v) is 5.18. The normalized spacial score (nSPS) is 12.0. The molecular weight excluding hydrogens is 549 g/mol. The van der Waals surface area contributed by atoms with Crippen LogP contribution >= 0.6 is 0 Å². The third-order valence-electron chi connectivity index (χ3n) is 6.34. The predicted octanol–water partition coefficient (Wildman–Crippen LogP) is 3.77. The molecule has 1 unspecified atom stereocenters. The summed E-state index contributed by atoms with van der Waals surface area (Å²) in [5, 5.41) is 2.85. The number of amides is 2. The highest BCUT2D eigenvalue weighted by atomic mass is 32.2. The number of rotatable bonds is 13. The smallest absolute Gasteiger partial charge is 0.244 e. The quantitative estimate of drug-likeness (QED) is 0.328. The van der Waals surface area contributed by atoms with Crippen molar-refractivity contribution >= 4 is 27.5 Å². The van der Waals surface area contributed by atoms with Crippen LogP contribution in [0, 0.1) is 5.82 Å². The molecule has 0 spiro atoms. The highest BCUT2D eigenvalue weighted by Crippen LogP contribution is 2.34. The van der Waals surface area contributed by atoms with Crippen molar-refractivity contribution in [3.8, 4) is 11.5 Å². The maximum Gasteiger partial charge on any atom is 0.244 e. The number of ether oxygens (including phenoxy) is 2. The van der Waals surface area contributed by atoms with Crippen molar-refractivity contribution in [3.63, 3.8) is 0 Å². The summed E-state index contributed by atoms with van der Waals surface area (Å²) >= 11 is 0. The van der Waals surface area contributed by atoms with Gasteiger partial charge in [-0.2, -0.15) is 0 Å². The van der Waals surface area contributed by atoms with Crippen LogP contribution < -0.4 is 19.1 Å². The van der Waals surface area contributed by atoms with E-state index in [-0.39, 0.29) is 36.0 Å². The third kappa shape index (κ3) is 8.43. The summed E-state index contributed by atoms with van der Waals surface area (Å²) < 4.78 is 52.3. The van der Waals surface area contributed by atoms with Gasteiger partial charge in [0.2, 0.25) is 21.8 Å². The molecule has 0 heterocycles. The largest absolute Gasteiger partial charge is 0.497 e. The summed E-state index contributed by atoms with van der Waals surface area (Å²) in [4.78, 5) is 28.9. The first-order valence-electron chi connectivity index (χ1n) is 13.0. The van der Waals surface area contributed by atoms with E-state index in [1.54, 1.807) is 26.0 Å². The number of anilines is 1. The second kappa shape index (κ2) is 14.0. The summed E-state index contributed by atoms with van der Waals surface area (Å²) in [6.45, 7) is 2.67. The van der Waals surface area contributed by atoms with Crippen molar-refractivity contribution in [1.82, 2.24) is 10.2 Å². The number of hydrogen-bond donors (Lipinski definition) is 1. The number of carbonyl (C=O) groups excluding carboxylic acids is 2. The Bertz CT molecular complexity index is 1450. The van der Waals surface area contributed by atoms with Crippen molar-refractivity contribution in [2.75, 3.05) is 31.3 Å². The lowest BCUT2D eigenvalue weighted by molar-refractivity contribution is -0.140. The minimum Gasteiger partial charge on any atom is -0.497 e. The zero-order valence-corrected chi connectivity index (χ0v) is 24.7. The molecule has 2 amide bonds. The van der Waals surface area contributed by atoms with E-state index in [4.69, 9.17) is 9.47 Å². The van der Waals surface area contributed by atoms with Gasteiger partial charge in [-0.15, -0.1) is 0 Å². The van der Waals surface area contributed by atoms with E-state index in [2.05, 4.69) is 5.32 Å². The Morgan fingerprint density at radius 3 is 2.20 bits per heavy atom. The number of methoxy groups -OCH3 is 2. The number of nitrogens with one attached hydrogen (secondary N) is 1. The minimum atomic E-state index is -4.01. The molecule has 0 aliphatic heterocycles.